The van der Waals surface area contributed by atoms with Gasteiger partial charge in [-0.15, -0.1) is 0 Å². The quantitative estimate of drug-likeness (QED) is 0.517. The van der Waals surface area contributed by atoms with Crippen LogP contribution >= 0.6 is 24.4 Å². The highest BCUT2D eigenvalue weighted by Crippen LogP contribution is 1.74. The van der Waals surface area contributed by atoms with Gasteiger partial charge in [-0.2, -0.15) is 0 Å². The highest BCUT2D eigenvalue weighted by Gasteiger charge is 1.85. The summed E-state index contributed by atoms with van der Waals surface area (Å²) >= 11 is 8.84. The van der Waals surface area contributed by atoms with Gasteiger partial charge in [-0.3, -0.25) is 9.36 Å². The van der Waals surface area contributed by atoms with Gasteiger partial charge in [0.05, 0.1) is 0 Å². The summed E-state index contributed by atoms with van der Waals surface area (Å²) in [6.45, 7) is 0. The van der Waals surface area contributed by atoms with Crippen molar-refractivity contribution in [3.05, 3.63) is 27.4 Å². The molecule has 1 rings (SSSR count). The number of aromatic amines is 1. The molecule has 1 aromatic rings. The molecular formula is C6H10N4OS2. The van der Waals surface area contributed by atoms with Gasteiger partial charge in [-0.25, -0.2) is 0 Å². The summed E-state index contributed by atoms with van der Waals surface area (Å²) in [5.41, 5.74) is 9.16. The number of hydrogen-bond acceptors (Lipinski definition) is 3. The van der Waals surface area contributed by atoms with E-state index in [1.165, 1.54) is 16.8 Å². The van der Waals surface area contributed by atoms with E-state index in [2.05, 4.69) is 28.7 Å². The van der Waals surface area contributed by atoms with Crippen molar-refractivity contribution in [1.29, 1.82) is 0 Å². The first-order valence-electron chi connectivity index (χ1n) is 3.24. The Morgan fingerprint density at radius 2 is 2.08 bits per heavy atom. The molecule has 5 nitrogen and oxygen atoms in total. The minimum Gasteiger partial charge on any atom is -0.377 e. The molecule has 0 bridgehead atoms. The van der Waals surface area contributed by atoms with E-state index in [1.807, 2.05) is 0 Å². The molecule has 7 heteroatoms. The maximum absolute atomic E-state index is 10.7. The molecule has 0 aliphatic carbocycles. The molecule has 0 aromatic carbocycles. The van der Waals surface area contributed by atoms with Gasteiger partial charge in [0.15, 0.2) is 9.88 Å². The van der Waals surface area contributed by atoms with Crippen LogP contribution in [0.25, 0.3) is 0 Å². The summed E-state index contributed by atoms with van der Waals surface area (Å²) < 4.78 is 1.82. The Kier molecular flexibility index (Phi) is 4.93. The van der Waals surface area contributed by atoms with Crippen LogP contribution < -0.4 is 17.0 Å². The molecule has 0 saturated heterocycles. The summed E-state index contributed by atoms with van der Waals surface area (Å²) in [4.78, 5) is 13.4. The molecule has 1 aromatic heterocycles. The largest absolute Gasteiger partial charge is 0.377 e. The summed E-state index contributed by atoms with van der Waals surface area (Å²) in [5, 5.41) is 0.000000000000000222. The lowest BCUT2D eigenvalue weighted by Crippen LogP contribution is -2.18. The lowest BCUT2D eigenvalue weighted by atomic mass is 10.6. The summed E-state index contributed by atoms with van der Waals surface area (Å²) in [7, 11) is 1.63. The molecule has 0 aliphatic heterocycles. The van der Waals surface area contributed by atoms with Crippen LogP contribution in [0.3, 0.4) is 0 Å². The highest BCUT2D eigenvalue weighted by molar-refractivity contribution is 7.80. The smallest absolute Gasteiger partial charge is 0.253 e. The second kappa shape index (κ2) is 5.44. The molecule has 0 radical (unpaired) electrons. The maximum atomic E-state index is 10.7. The molecule has 0 spiro atoms. The standard InChI is InChI=1S/C5H6N2OS.CH4N2S/c1-7-4(8)2-3-6-5(7)9;2-1(3)4/h2-3H,1H3,(H,6,9);(H4,2,3,4). The first kappa shape index (κ1) is 11.8. The molecule has 0 atom stereocenters. The zero-order valence-corrected chi connectivity index (χ0v) is 8.61. The Bertz CT molecular complexity index is 362. The highest BCUT2D eigenvalue weighted by atomic mass is 32.1. The third-order valence-electron chi connectivity index (χ3n) is 1.07. The number of H-pyrrole nitrogens is 1. The van der Waals surface area contributed by atoms with Crippen LogP contribution in [0.5, 0.6) is 0 Å². The predicted octanol–water partition coefficient (Wildman–Crippen LogP) is -0.368. The van der Waals surface area contributed by atoms with Gasteiger partial charge in [-0.1, -0.05) is 0 Å². The SMILES string of the molecule is Cn1c(=O)cc[nH]c1=S.NC(N)=S. The number of aromatic nitrogens is 2. The van der Waals surface area contributed by atoms with Crippen LogP contribution in [0, 0.1) is 4.77 Å². The fourth-order valence-corrected chi connectivity index (χ4v) is 0.651. The molecule has 0 amide bonds. The van der Waals surface area contributed by atoms with Crippen LogP contribution in [0.1, 0.15) is 0 Å². The molecule has 1 heterocycles. The number of nitrogens with two attached hydrogens (primary N) is 2. The van der Waals surface area contributed by atoms with Crippen LogP contribution in [0.4, 0.5) is 0 Å². The summed E-state index contributed by atoms with van der Waals surface area (Å²) in [6, 6.07) is 1.43. The Morgan fingerprint density at radius 1 is 1.62 bits per heavy atom. The zero-order valence-electron chi connectivity index (χ0n) is 6.98. The first-order chi connectivity index (χ1) is 5.95. The maximum Gasteiger partial charge on any atom is 0.253 e. The number of hydrogen-bond donors (Lipinski definition) is 3. The number of thiocarbonyl (C=S) groups is 1. The van der Waals surface area contributed by atoms with Crippen molar-refractivity contribution < 1.29 is 0 Å². The average Bonchev–Trinajstić information content (AvgIpc) is 1.99. The van der Waals surface area contributed by atoms with Crippen molar-refractivity contribution in [2.75, 3.05) is 0 Å². The van der Waals surface area contributed by atoms with E-state index in [1.54, 1.807) is 7.05 Å². The minimum absolute atomic E-state index is 0.000000000000000222. The van der Waals surface area contributed by atoms with Gasteiger partial charge in [0.1, 0.15) is 0 Å². The second-order valence-corrected chi connectivity index (χ2v) is 2.94. The van der Waals surface area contributed by atoms with Gasteiger partial charge in [-0.05, 0) is 24.4 Å². The van der Waals surface area contributed by atoms with Gasteiger partial charge in [0, 0.05) is 19.3 Å². The normalized spacial score (nSPS) is 8.38. The topological polar surface area (TPSA) is 89.8 Å². The molecule has 72 valence electrons. The van der Waals surface area contributed by atoms with Crippen LogP contribution in [-0.4, -0.2) is 14.7 Å². The third kappa shape index (κ3) is 5.10. The van der Waals surface area contributed by atoms with Crippen molar-refractivity contribution in [2.24, 2.45) is 18.5 Å². The minimum atomic E-state index is -0.0845. The average molecular weight is 218 g/mol. The molecule has 0 unspecified atom stereocenters. The van der Waals surface area contributed by atoms with Gasteiger partial charge in [0.25, 0.3) is 5.56 Å². The van der Waals surface area contributed by atoms with Crippen molar-refractivity contribution in [3.8, 4) is 0 Å². The lowest BCUT2D eigenvalue weighted by molar-refractivity contribution is 0.805. The Morgan fingerprint density at radius 3 is 2.38 bits per heavy atom. The summed E-state index contributed by atoms with van der Waals surface area (Å²) in [5.74, 6) is 0. The van der Waals surface area contributed by atoms with Crippen molar-refractivity contribution in [1.82, 2.24) is 9.55 Å². The van der Waals surface area contributed by atoms with Gasteiger partial charge >= 0.3 is 0 Å². The molecule has 5 N–H and O–H groups in total. The van der Waals surface area contributed by atoms with Crippen LogP contribution in [0.2, 0.25) is 0 Å². The number of nitrogens with one attached hydrogen (secondary N) is 1. The van der Waals surface area contributed by atoms with E-state index in [-0.39, 0.29) is 10.7 Å². The predicted molar refractivity (Wildman–Crippen MR) is 57.8 cm³/mol. The van der Waals surface area contributed by atoms with E-state index in [0.29, 0.717) is 4.77 Å². The Hall–Kier alpha value is -1.21. The first-order valence-corrected chi connectivity index (χ1v) is 4.06. The molecule has 0 saturated carbocycles. The fraction of sp³-hybridized carbons (Fsp3) is 0.167. The molecule has 0 fully saturated rings. The monoisotopic (exact) mass is 218 g/mol. The molecule has 13 heavy (non-hydrogen) atoms. The number of nitrogens with zero attached hydrogens (tertiary/aromatic N) is 1. The lowest BCUT2D eigenvalue weighted by Gasteiger charge is -1.91. The van der Waals surface area contributed by atoms with Gasteiger partial charge in [0.2, 0.25) is 0 Å². The summed E-state index contributed by atoms with van der Waals surface area (Å²) in [6.07, 6.45) is 1.53. The van der Waals surface area contributed by atoms with Crippen LogP contribution in [0.15, 0.2) is 17.1 Å². The van der Waals surface area contributed by atoms with Crippen LogP contribution in [-0.2, 0) is 7.05 Å². The van der Waals surface area contributed by atoms with E-state index >= 15 is 0 Å². The second-order valence-electron chi connectivity index (χ2n) is 2.08. The van der Waals surface area contributed by atoms with E-state index in [4.69, 9.17) is 12.2 Å². The van der Waals surface area contributed by atoms with E-state index < -0.39 is 0 Å². The zero-order chi connectivity index (χ0) is 10.4. The number of rotatable bonds is 0. The molecule has 0 aliphatic rings. The van der Waals surface area contributed by atoms with Crippen molar-refractivity contribution in [2.45, 2.75) is 0 Å². The third-order valence-corrected chi connectivity index (χ3v) is 1.46. The van der Waals surface area contributed by atoms with Crippen molar-refractivity contribution >= 4 is 29.5 Å². The van der Waals surface area contributed by atoms with Crippen molar-refractivity contribution in [3.63, 3.8) is 0 Å². The fourth-order valence-electron chi connectivity index (χ4n) is 0.493. The Labute approximate surface area is 85.4 Å². The van der Waals surface area contributed by atoms with E-state index in [9.17, 15) is 4.79 Å². The molecular weight excluding hydrogens is 208 g/mol. The van der Waals surface area contributed by atoms with E-state index in [0.717, 1.165) is 0 Å². The van der Waals surface area contributed by atoms with Gasteiger partial charge < -0.3 is 16.5 Å². The Balaban J connectivity index is 0.000000310.